The number of ether oxygens (including phenoxy) is 1. The Balaban J connectivity index is 1.98. The van der Waals surface area contributed by atoms with Crippen LogP contribution in [0.15, 0.2) is 11.4 Å². The second kappa shape index (κ2) is 4.24. The Bertz CT molecular complexity index is 324. The van der Waals surface area contributed by atoms with Crippen molar-refractivity contribution in [3.63, 3.8) is 0 Å². The third kappa shape index (κ3) is 2.04. The highest BCUT2D eigenvalue weighted by molar-refractivity contribution is 7.10. The summed E-state index contributed by atoms with van der Waals surface area (Å²) in [7, 11) is 0. The van der Waals surface area contributed by atoms with Crippen molar-refractivity contribution >= 4 is 17.1 Å². The summed E-state index contributed by atoms with van der Waals surface area (Å²) in [5.41, 5.74) is 0.905. The summed E-state index contributed by atoms with van der Waals surface area (Å²) in [6, 6.07) is 1.93. The van der Waals surface area contributed by atoms with E-state index in [2.05, 4.69) is 0 Å². The summed E-state index contributed by atoms with van der Waals surface area (Å²) >= 11 is 1.64. The number of carbonyl (C=O) groups excluding carboxylic acids is 1. The molecule has 2 heterocycles. The molecule has 0 N–H and O–H groups in total. The zero-order valence-corrected chi connectivity index (χ0v) is 9.10. The maximum absolute atomic E-state index is 11.8. The van der Waals surface area contributed by atoms with Crippen LogP contribution in [0.5, 0.6) is 0 Å². The van der Waals surface area contributed by atoms with E-state index in [1.165, 1.54) is 0 Å². The third-order valence-electron chi connectivity index (χ3n) is 2.66. The topological polar surface area (TPSA) is 26.3 Å². The first-order chi connectivity index (χ1) is 6.77. The Labute approximate surface area is 87.9 Å². The molecular formula is C11H14O2S. The number of rotatable bonds is 3. The molecule has 14 heavy (non-hydrogen) atoms. The SMILES string of the molecule is Cc1sccc1C(=O)CC1CCOC1. The van der Waals surface area contributed by atoms with Gasteiger partial charge in [-0.3, -0.25) is 4.79 Å². The molecule has 0 aliphatic carbocycles. The zero-order valence-electron chi connectivity index (χ0n) is 8.29. The lowest BCUT2D eigenvalue weighted by molar-refractivity contribution is 0.0952. The van der Waals surface area contributed by atoms with Gasteiger partial charge in [-0.25, -0.2) is 0 Å². The standard InChI is InChI=1S/C11H14O2S/c1-8-10(3-5-14-8)11(12)6-9-2-4-13-7-9/h3,5,9H,2,4,6-7H2,1H3. The first-order valence-corrected chi connectivity index (χ1v) is 5.80. The normalized spacial score (nSPS) is 21.4. The maximum atomic E-state index is 11.8. The molecule has 0 spiro atoms. The zero-order chi connectivity index (χ0) is 9.97. The van der Waals surface area contributed by atoms with Gasteiger partial charge in [0, 0.05) is 30.1 Å². The van der Waals surface area contributed by atoms with Gasteiger partial charge in [0.15, 0.2) is 5.78 Å². The molecule has 1 aromatic rings. The van der Waals surface area contributed by atoms with Gasteiger partial charge in [0.05, 0.1) is 0 Å². The fourth-order valence-corrected chi connectivity index (χ4v) is 2.51. The quantitative estimate of drug-likeness (QED) is 0.717. The van der Waals surface area contributed by atoms with Gasteiger partial charge in [-0.2, -0.15) is 0 Å². The van der Waals surface area contributed by atoms with Crippen LogP contribution in [0.4, 0.5) is 0 Å². The second-order valence-electron chi connectivity index (χ2n) is 3.75. The number of thiophene rings is 1. The van der Waals surface area contributed by atoms with E-state index in [4.69, 9.17) is 4.74 Å². The minimum absolute atomic E-state index is 0.277. The Kier molecular flexibility index (Phi) is 2.99. The first-order valence-electron chi connectivity index (χ1n) is 4.92. The summed E-state index contributed by atoms with van der Waals surface area (Å²) in [6.07, 6.45) is 1.69. The van der Waals surface area contributed by atoms with Crippen LogP contribution in [0.3, 0.4) is 0 Å². The number of Topliss-reactive ketones (excluding diaryl/α,β-unsaturated/α-hetero) is 1. The minimum atomic E-state index is 0.277. The summed E-state index contributed by atoms with van der Waals surface area (Å²) in [4.78, 5) is 13.0. The monoisotopic (exact) mass is 210 g/mol. The smallest absolute Gasteiger partial charge is 0.164 e. The van der Waals surface area contributed by atoms with Gasteiger partial charge in [0.2, 0.25) is 0 Å². The molecule has 1 unspecified atom stereocenters. The molecule has 1 aliphatic heterocycles. The van der Waals surface area contributed by atoms with Gasteiger partial charge in [-0.05, 0) is 30.7 Å². The van der Waals surface area contributed by atoms with Crippen LogP contribution in [0.1, 0.15) is 28.1 Å². The van der Waals surface area contributed by atoms with Crippen molar-refractivity contribution in [2.24, 2.45) is 5.92 Å². The molecule has 0 radical (unpaired) electrons. The van der Waals surface area contributed by atoms with E-state index in [1.54, 1.807) is 11.3 Å². The number of hydrogen-bond donors (Lipinski definition) is 0. The molecule has 1 fully saturated rings. The lowest BCUT2D eigenvalue weighted by Crippen LogP contribution is -2.08. The van der Waals surface area contributed by atoms with E-state index in [9.17, 15) is 4.79 Å². The summed E-state index contributed by atoms with van der Waals surface area (Å²) in [5, 5.41) is 1.98. The van der Waals surface area contributed by atoms with Crippen LogP contribution in [-0.4, -0.2) is 19.0 Å². The van der Waals surface area contributed by atoms with Crippen LogP contribution >= 0.6 is 11.3 Å². The van der Waals surface area contributed by atoms with Crippen LogP contribution in [0.25, 0.3) is 0 Å². The number of carbonyl (C=O) groups is 1. The van der Waals surface area contributed by atoms with E-state index in [-0.39, 0.29) is 5.78 Å². The Morgan fingerprint density at radius 1 is 1.71 bits per heavy atom. The van der Waals surface area contributed by atoms with Crippen LogP contribution < -0.4 is 0 Å². The van der Waals surface area contributed by atoms with Crippen molar-refractivity contribution in [3.8, 4) is 0 Å². The Morgan fingerprint density at radius 2 is 2.57 bits per heavy atom. The molecule has 0 amide bonds. The second-order valence-corrected chi connectivity index (χ2v) is 4.87. The van der Waals surface area contributed by atoms with Gasteiger partial charge in [0.25, 0.3) is 0 Å². The molecule has 0 saturated carbocycles. The molecule has 1 saturated heterocycles. The molecule has 2 rings (SSSR count). The van der Waals surface area contributed by atoms with Crippen molar-refractivity contribution < 1.29 is 9.53 Å². The highest BCUT2D eigenvalue weighted by Gasteiger charge is 2.20. The van der Waals surface area contributed by atoms with E-state index >= 15 is 0 Å². The number of ketones is 1. The average molecular weight is 210 g/mol. The Hall–Kier alpha value is -0.670. The predicted octanol–water partition coefficient (Wildman–Crippen LogP) is 2.67. The van der Waals surface area contributed by atoms with E-state index in [1.807, 2.05) is 18.4 Å². The van der Waals surface area contributed by atoms with Crippen LogP contribution in [0.2, 0.25) is 0 Å². The summed E-state index contributed by atoms with van der Waals surface area (Å²) < 4.78 is 5.26. The van der Waals surface area contributed by atoms with E-state index < -0.39 is 0 Å². The largest absolute Gasteiger partial charge is 0.381 e. The molecular weight excluding hydrogens is 196 g/mol. The first kappa shape index (κ1) is 9.87. The highest BCUT2D eigenvalue weighted by atomic mass is 32.1. The maximum Gasteiger partial charge on any atom is 0.164 e. The van der Waals surface area contributed by atoms with Gasteiger partial charge < -0.3 is 4.74 Å². The predicted molar refractivity (Wildman–Crippen MR) is 56.9 cm³/mol. The molecule has 0 aromatic carbocycles. The molecule has 1 atom stereocenters. The van der Waals surface area contributed by atoms with Crippen molar-refractivity contribution in [1.29, 1.82) is 0 Å². The van der Waals surface area contributed by atoms with Gasteiger partial charge in [-0.1, -0.05) is 0 Å². The van der Waals surface area contributed by atoms with Crippen LogP contribution in [-0.2, 0) is 4.74 Å². The molecule has 76 valence electrons. The number of aryl methyl sites for hydroxylation is 1. The molecule has 0 bridgehead atoms. The lowest BCUT2D eigenvalue weighted by Gasteiger charge is -2.05. The van der Waals surface area contributed by atoms with Gasteiger partial charge >= 0.3 is 0 Å². The molecule has 1 aliphatic rings. The van der Waals surface area contributed by atoms with Crippen molar-refractivity contribution in [2.45, 2.75) is 19.8 Å². The number of hydrogen-bond acceptors (Lipinski definition) is 3. The van der Waals surface area contributed by atoms with Crippen LogP contribution in [0, 0.1) is 12.8 Å². The van der Waals surface area contributed by atoms with Gasteiger partial charge in [0.1, 0.15) is 0 Å². The average Bonchev–Trinajstić information content (AvgIpc) is 2.75. The molecule has 3 heteroatoms. The summed E-state index contributed by atoms with van der Waals surface area (Å²) in [6.45, 7) is 3.58. The Morgan fingerprint density at radius 3 is 3.14 bits per heavy atom. The van der Waals surface area contributed by atoms with Gasteiger partial charge in [-0.15, -0.1) is 11.3 Å². The molecule has 2 nitrogen and oxygen atoms in total. The van der Waals surface area contributed by atoms with Crippen molar-refractivity contribution in [1.82, 2.24) is 0 Å². The lowest BCUT2D eigenvalue weighted by atomic mass is 9.98. The fraction of sp³-hybridized carbons (Fsp3) is 0.545. The fourth-order valence-electron chi connectivity index (χ4n) is 1.79. The summed E-state index contributed by atoms with van der Waals surface area (Å²) in [5.74, 6) is 0.723. The van der Waals surface area contributed by atoms with E-state index in [0.717, 1.165) is 30.1 Å². The minimum Gasteiger partial charge on any atom is -0.381 e. The van der Waals surface area contributed by atoms with E-state index in [0.29, 0.717) is 12.3 Å². The molecule has 1 aromatic heterocycles. The van der Waals surface area contributed by atoms with Crippen molar-refractivity contribution in [2.75, 3.05) is 13.2 Å². The van der Waals surface area contributed by atoms with Crippen molar-refractivity contribution in [3.05, 3.63) is 21.9 Å². The third-order valence-corrected chi connectivity index (χ3v) is 3.50. The highest BCUT2D eigenvalue weighted by Crippen LogP contribution is 2.22.